The molecule has 3 heterocycles. The Morgan fingerprint density at radius 3 is 2.93 bits per heavy atom. The van der Waals surface area contributed by atoms with Crippen molar-refractivity contribution in [2.24, 2.45) is 0 Å². The molecule has 8 heteroatoms. The standard InChI is InChI=1S/C21H26FN5O2/c1-12(2)18-16-6-3-7-17(22)19(16)27(25-18)21-24-20(29-26-21)13-9-14(10-13)23-11-15-5-4-8-28-15/h3,6-7,12-15,23H,4-5,8-11H2,1-2H3. The smallest absolute Gasteiger partial charge is 0.291 e. The Morgan fingerprint density at radius 1 is 1.31 bits per heavy atom. The average molecular weight is 399 g/mol. The maximum absolute atomic E-state index is 14.6. The van der Waals surface area contributed by atoms with Crippen LogP contribution in [-0.2, 0) is 4.74 Å². The Morgan fingerprint density at radius 2 is 2.17 bits per heavy atom. The summed E-state index contributed by atoms with van der Waals surface area (Å²) in [5, 5.41) is 13.0. The van der Waals surface area contributed by atoms with Gasteiger partial charge >= 0.3 is 0 Å². The number of para-hydroxylation sites is 1. The van der Waals surface area contributed by atoms with Crippen molar-refractivity contribution in [2.45, 2.75) is 63.5 Å². The SMILES string of the molecule is CC(C)c1nn(-c2noc(C3CC(NCC4CCCO4)C3)n2)c2c(F)cccc12. The van der Waals surface area contributed by atoms with Crippen LogP contribution >= 0.6 is 0 Å². The van der Waals surface area contributed by atoms with Crippen molar-refractivity contribution in [1.29, 1.82) is 0 Å². The van der Waals surface area contributed by atoms with E-state index < -0.39 is 0 Å². The second-order valence-electron chi connectivity index (χ2n) is 8.43. The Labute approximate surface area is 168 Å². The summed E-state index contributed by atoms with van der Waals surface area (Å²) in [7, 11) is 0. The van der Waals surface area contributed by atoms with Crippen LogP contribution in [0.5, 0.6) is 0 Å². The van der Waals surface area contributed by atoms with E-state index in [1.807, 2.05) is 19.9 Å². The molecule has 2 fully saturated rings. The third-order valence-electron chi connectivity index (χ3n) is 6.00. The van der Waals surface area contributed by atoms with Crippen molar-refractivity contribution >= 4 is 10.9 Å². The molecule has 1 unspecified atom stereocenters. The van der Waals surface area contributed by atoms with Crippen LogP contribution in [0.2, 0.25) is 0 Å². The molecule has 3 aromatic rings. The number of ether oxygens (including phenoxy) is 1. The van der Waals surface area contributed by atoms with Crippen LogP contribution in [0.1, 0.15) is 63.0 Å². The van der Waals surface area contributed by atoms with E-state index in [-0.39, 0.29) is 23.6 Å². The second kappa shape index (κ2) is 7.50. The lowest BCUT2D eigenvalue weighted by atomic mass is 9.80. The molecule has 1 atom stereocenters. The highest BCUT2D eigenvalue weighted by Crippen LogP contribution is 2.37. The van der Waals surface area contributed by atoms with Crippen molar-refractivity contribution in [3.05, 3.63) is 35.6 Å². The van der Waals surface area contributed by atoms with Crippen LogP contribution in [0.15, 0.2) is 22.7 Å². The van der Waals surface area contributed by atoms with Gasteiger partial charge in [-0.25, -0.2) is 4.39 Å². The van der Waals surface area contributed by atoms with Gasteiger partial charge in [-0.05, 0) is 42.8 Å². The highest BCUT2D eigenvalue weighted by molar-refractivity contribution is 5.84. The summed E-state index contributed by atoms with van der Waals surface area (Å²) in [4.78, 5) is 4.54. The van der Waals surface area contributed by atoms with Gasteiger partial charge < -0.3 is 14.6 Å². The van der Waals surface area contributed by atoms with E-state index in [2.05, 4.69) is 20.6 Å². The Balaban J connectivity index is 1.31. The van der Waals surface area contributed by atoms with Crippen molar-refractivity contribution < 1.29 is 13.7 Å². The quantitative estimate of drug-likeness (QED) is 0.681. The molecule has 1 aromatic carbocycles. The van der Waals surface area contributed by atoms with Crippen LogP contribution in [-0.4, -0.2) is 45.2 Å². The van der Waals surface area contributed by atoms with Gasteiger partial charge in [-0.2, -0.15) is 14.8 Å². The zero-order chi connectivity index (χ0) is 20.0. The molecule has 5 rings (SSSR count). The van der Waals surface area contributed by atoms with Gasteiger partial charge in [0, 0.05) is 30.5 Å². The first kappa shape index (κ1) is 18.7. The molecular weight excluding hydrogens is 373 g/mol. The fourth-order valence-electron chi connectivity index (χ4n) is 4.29. The number of halogens is 1. The number of fused-ring (bicyclic) bond motifs is 1. The molecule has 1 aliphatic carbocycles. The van der Waals surface area contributed by atoms with Crippen LogP contribution in [0.25, 0.3) is 16.9 Å². The Kier molecular flexibility index (Phi) is 4.83. The molecule has 0 amide bonds. The monoisotopic (exact) mass is 399 g/mol. The summed E-state index contributed by atoms with van der Waals surface area (Å²) >= 11 is 0. The van der Waals surface area contributed by atoms with Gasteiger partial charge in [-0.15, -0.1) is 0 Å². The zero-order valence-corrected chi connectivity index (χ0v) is 16.8. The summed E-state index contributed by atoms with van der Waals surface area (Å²) in [5.74, 6) is 0.943. The predicted octanol–water partition coefficient (Wildman–Crippen LogP) is 3.69. The first-order valence-electron chi connectivity index (χ1n) is 10.5. The van der Waals surface area contributed by atoms with Gasteiger partial charge in [-0.3, -0.25) is 0 Å². The molecule has 2 aromatic heterocycles. The minimum Gasteiger partial charge on any atom is -0.377 e. The highest BCUT2D eigenvalue weighted by Gasteiger charge is 2.35. The molecule has 1 saturated heterocycles. The molecule has 7 nitrogen and oxygen atoms in total. The van der Waals surface area contributed by atoms with E-state index in [1.54, 1.807) is 6.07 Å². The van der Waals surface area contributed by atoms with Gasteiger partial charge in [0.25, 0.3) is 5.95 Å². The van der Waals surface area contributed by atoms with Gasteiger partial charge in [0.1, 0.15) is 11.3 Å². The van der Waals surface area contributed by atoms with Crippen LogP contribution in [0.4, 0.5) is 4.39 Å². The van der Waals surface area contributed by atoms with Gasteiger partial charge in [0.15, 0.2) is 0 Å². The number of hydrogen-bond donors (Lipinski definition) is 1. The first-order chi connectivity index (χ1) is 14.1. The molecule has 0 radical (unpaired) electrons. The van der Waals surface area contributed by atoms with Gasteiger partial charge in [-0.1, -0.05) is 26.0 Å². The maximum atomic E-state index is 14.6. The minimum atomic E-state index is -0.338. The number of nitrogens with zero attached hydrogens (tertiary/aromatic N) is 4. The van der Waals surface area contributed by atoms with Crippen molar-refractivity contribution in [2.75, 3.05) is 13.2 Å². The summed E-state index contributed by atoms with van der Waals surface area (Å²) in [6.07, 6.45) is 4.57. The summed E-state index contributed by atoms with van der Waals surface area (Å²) in [5.41, 5.74) is 1.22. The number of nitrogens with one attached hydrogen (secondary N) is 1. The van der Waals surface area contributed by atoms with Crippen LogP contribution in [0.3, 0.4) is 0 Å². The topological polar surface area (TPSA) is 78.0 Å². The number of aromatic nitrogens is 4. The van der Waals surface area contributed by atoms with Crippen molar-refractivity contribution in [3.63, 3.8) is 0 Å². The van der Waals surface area contributed by atoms with E-state index in [4.69, 9.17) is 9.26 Å². The second-order valence-corrected chi connectivity index (χ2v) is 8.43. The highest BCUT2D eigenvalue weighted by atomic mass is 19.1. The Hall–Kier alpha value is -2.32. The summed E-state index contributed by atoms with van der Waals surface area (Å²) in [6.45, 7) is 5.86. The lowest BCUT2D eigenvalue weighted by molar-refractivity contribution is 0.101. The van der Waals surface area contributed by atoms with Crippen LogP contribution < -0.4 is 5.32 Å². The van der Waals surface area contributed by atoms with E-state index >= 15 is 0 Å². The van der Waals surface area contributed by atoms with E-state index in [0.717, 1.165) is 49.9 Å². The zero-order valence-electron chi connectivity index (χ0n) is 16.8. The molecule has 0 bridgehead atoms. The van der Waals surface area contributed by atoms with E-state index in [1.165, 1.54) is 10.7 Å². The molecule has 0 spiro atoms. The Bertz CT molecular complexity index is 1000. The van der Waals surface area contributed by atoms with Crippen molar-refractivity contribution in [3.8, 4) is 5.95 Å². The largest absolute Gasteiger partial charge is 0.377 e. The van der Waals surface area contributed by atoms with Crippen LogP contribution in [0, 0.1) is 5.82 Å². The van der Waals surface area contributed by atoms with Crippen molar-refractivity contribution in [1.82, 2.24) is 25.2 Å². The van der Waals surface area contributed by atoms with E-state index in [0.29, 0.717) is 23.6 Å². The molecule has 1 N–H and O–H groups in total. The van der Waals surface area contributed by atoms with Gasteiger partial charge in [0.05, 0.1) is 11.8 Å². The maximum Gasteiger partial charge on any atom is 0.291 e. The molecule has 2 aliphatic rings. The summed E-state index contributed by atoms with van der Waals surface area (Å²) in [6, 6.07) is 5.47. The third-order valence-corrected chi connectivity index (χ3v) is 6.00. The predicted molar refractivity (Wildman–Crippen MR) is 106 cm³/mol. The molecule has 154 valence electrons. The normalized spacial score (nSPS) is 24.5. The minimum absolute atomic E-state index is 0.161. The first-order valence-corrected chi connectivity index (χ1v) is 10.5. The molecular formula is C21H26FN5O2. The fraction of sp³-hybridized carbons (Fsp3) is 0.571. The van der Waals surface area contributed by atoms with E-state index in [9.17, 15) is 4.39 Å². The number of benzene rings is 1. The molecule has 1 saturated carbocycles. The number of rotatable bonds is 6. The molecule has 1 aliphatic heterocycles. The third kappa shape index (κ3) is 3.44. The average Bonchev–Trinajstić information content (AvgIpc) is 3.40. The molecule has 29 heavy (non-hydrogen) atoms. The summed E-state index contributed by atoms with van der Waals surface area (Å²) < 4.78 is 27.2. The lowest BCUT2D eigenvalue weighted by Gasteiger charge is -2.34. The fourth-order valence-corrected chi connectivity index (χ4v) is 4.29. The van der Waals surface area contributed by atoms with Gasteiger partial charge in [0.2, 0.25) is 5.89 Å². The lowest BCUT2D eigenvalue weighted by Crippen LogP contribution is -2.43. The number of hydrogen-bond acceptors (Lipinski definition) is 6.